The molecule has 21 heavy (non-hydrogen) atoms. The summed E-state index contributed by atoms with van der Waals surface area (Å²) in [7, 11) is 0. The van der Waals surface area contributed by atoms with E-state index in [1.807, 2.05) is 11.8 Å². The van der Waals surface area contributed by atoms with Gasteiger partial charge < -0.3 is 15.5 Å². The molecule has 0 rings (SSSR count). The molecule has 0 aromatic carbocycles. The van der Waals surface area contributed by atoms with E-state index >= 15 is 0 Å². The van der Waals surface area contributed by atoms with Crippen LogP contribution in [0.5, 0.6) is 0 Å². The van der Waals surface area contributed by atoms with E-state index in [9.17, 15) is 0 Å². The lowest BCUT2D eigenvalue weighted by Gasteiger charge is -2.20. The maximum atomic E-state index is 4.62. The summed E-state index contributed by atoms with van der Waals surface area (Å²) >= 11 is 1.91. The zero-order chi connectivity index (χ0) is 15.1. The second kappa shape index (κ2) is 18.4. The molecule has 0 aromatic rings. The van der Waals surface area contributed by atoms with Crippen molar-refractivity contribution in [2.45, 2.75) is 40.0 Å². The van der Waals surface area contributed by atoms with E-state index in [4.69, 9.17) is 0 Å². The summed E-state index contributed by atoms with van der Waals surface area (Å²) in [5.41, 5.74) is 0. The van der Waals surface area contributed by atoms with Crippen molar-refractivity contribution in [1.29, 1.82) is 0 Å². The summed E-state index contributed by atoms with van der Waals surface area (Å²) in [6, 6.07) is 0. The standard InChI is InChI=1S/C15H34N4S.HI/c1-5-12-19(7-3)13-11-18-15(16-6-2)17-10-8-9-14-20-4;/h5-14H2,1-4H3,(H2,16,17,18);1H. The molecule has 0 bridgehead atoms. The van der Waals surface area contributed by atoms with Crippen LogP contribution in [0.1, 0.15) is 40.0 Å². The number of halogens is 1. The number of likely N-dealkylation sites (N-methyl/N-ethyl adjacent to an activating group) is 1. The summed E-state index contributed by atoms with van der Waals surface area (Å²) in [6.45, 7) is 12.8. The zero-order valence-corrected chi connectivity index (χ0v) is 17.4. The minimum absolute atomic E-state index is 0. The molecule has 128 valence electrons. The van der Waals surface area contributed by atoms with Crippen molar-refractivity contribution >= 4 is 41.7 Å². The Hall–Kier alpha value is 0.310. The van der Waals surface area contributed by atoms with Crippen LogP contribution in [0.15, 0.2) is 4.99 Å². The molecule has 0 unspecified atom stereocenters. The van der Waals surface area contributed by atoms with Gasteiger partial charge in [-0.25, -0.2) is 0 Å². The highest BCUT2D eigenvalue weighted by atomic mass is 127. The first kappa shape index (κ1) is 23.6. The fourth-order valence-corrected chi connectivity index (χ4v) is 2.46. The third kappa shape index (κ3) is 15.0. The molecule has 0 aliphatic carbocycles. The highest BCUT2D eigenvalue weighted by Gasteiger charge is 2.01. The van der Waals surface area contributed by atoms with Gasteiger partial charge in [-0.3, -0.25) is 4.99 Å². The van der Waals surface area contributed by atoms with Gasteiger partial charge in [0.1, 0.15) is 0 Å². The van der Waals surface area contributed by atoms with Crippen LogP contribution < -0.4 is 10.6 Å². The Kier molecular flexibility index (Phi) is 20.6. The van der Waals surface area contributed by atoms with Gasteiger partial charge in [0.15, 0.2) is 5.96 Å². The molecule has 0 fully saturated rings. The number of thioether (sulfide) groups is 1. The molecule has 0 saturated carbocycles. The molecule has 0 saturated heterocycles. The fourth-order valence-electron chi connectivity index (χ4n) is 1.97. The Balaban J connectivity index is 0. The third-order valence-electron chi connectivity index (χ3n) is 3.08. The number of hydrogen-bond donors (Lipinski definition) is 2. The van der Waals surface area contributed by atoms with Crippen molar-refractivity contribution in [3.63, 3.8) is 0 Å². The van der Waals surface area contributed by atoms with E-state index in [-0.39, 0.29) is 24.0 Å². The third-order valence-corrected chi connectivity index (χ3v) is 3.78. The molecule has 2 N–H and O–H groups in total. The van der Waals surface area contributed by atoms with E-state index in [0.29, 0.717) is 0 Å². The summed E-state index contributed by atoms with van der Waals surface area (Å²) in [4.78, 5) is 7.09. The minimum Gasteiger partial charge on any atom is -0.357 e. The van der Waals surface area contributed by atoms with E-state index in [2.05, 4.69) is 47.6 Å². The van der Waals surface area contributed by atoms with E-state index in [1.54, 1.807) is 0 Å². The first-order chi connectivity index (χ1) is 9.78. The van der Waals surface area contributed by atoms with Crippen LogP contribution in [0.4, 0.5) is 0 Å². The monoisotopic (exact) mass is 430 g/mol. The Morgan fingerprint density at radius 3 is 2.43 bits per heavy atom. The maximum absolute atomic E-state index is 4.62. The van der Waals surface area contributed by atoms with Crippen LogP contribution in [0.3, 0.4) is 0 Å². The lowest BCUT2D eigenvalue weighted by Crippen LogP contribution is -2.41. The van der Waals surface area contributed by atoms with Crippen molar-refractivity contribution in [2.75, 3.05) is 51.3 Å². The molecular weight excluding hydrogens is 395 g/mol. The van der Waals surface area contributed by atoms with Crippen LogP contribution in [0.2, 0.25) is 0 Å². The van der Waals surface area contributed by atoms with Crippen LogP contribution in [0, 0.1) is 0 Å². The molecule has 0 spiro atoms. The summed E-state index contributed by atoms with van der Waals surface area (Å²) in [6.07, 6.45) is 5.81. The minimum atomic E-state index is 0. The second-order valence-electron chi connectivity index (χ2n) is 4.82. The van der Waals surface area contributed by atoms with Crippen LogP contribution >= 0.6 is 35.7 Å². The predicted molar refractivity (Wildman–Crippen MR) is 109 cm³/mol. The number of aliphatic imine (C=N–C) groups is 1. The van der Waals surface area contributed by atoms with Gasteiger partial charge in [0, 0.05) is 26.2 Å². The number of hydrogen-bond acceptors (Lipinski definition) is 3. The molecule has 0 heterocycles. The Morgan fingerprint density at radius 1 is 1.10 bits per heavy atom. The maximum Gasteiger partial charge on any atom is 0.191 e. The molecule has 0 aliphatic rings. The molecule has 0 aromatic heterocycles. The Labute approximate surface area is 153 Å². The molecule has 0 amide bonds. The average molecular weight is 430 g/mol. The topological polar surface area (TPSA) is 39.7 Å². The van der Waals surface area contributed by atoms with Crippen molar-refractivity contribution in [2.24, 2.45) is 4.99 Å². The normalized spacial score (nSPS) is 11.4. The quantitative estimate of drug-likeness (QED) is 0.216. The van der Waals surface area contributed by atoms with E-state index in [1.165, 1.54) is 31.6 Å². The summed E-state index contributed by atoms with van der Waals surface area (Å²) in [5, 5.41) is 6.74. The average Bonchev–Trinajstić information content (AvgIpc) is 2.46. The number of unbranched alkanes of at least 4 members (excludes halogenated alkanes) is 1. The molecule has 0 atom stereocenters. The summed E-state index contributed by atoms with van der Waals surface area (Å²) in [5.74, 6) is 2.20. The van der Waals surface area contributed by atoms with E-state index in [0.717, 1.165) is 38.7 Å². The van der Waals surface area contributed by atoms with Crippen LogP contribution in [-0.4, -0.2) is 62.1 Å². The lowest BCUT2D eigenvalue weighted by molar-refractivity contribution is 0.293. The lowest BCUT2D eigenvalue weighted by atomic mass is 10.3. The Morgan fingerprint density at radius 2 is 1.86 bits per heavy atom. The van der Waals surface area contributed by atoms with Gasteiger partial charge in [-0.2, -0.15) is 11.8 Å². The van der Waals surface area contributed by atoms with Gasteiger partial charge in [-0.1, -0.05) is 13.8 Å². The predicted octanol–water partition coefficient (Wildman–Crippen LogP) is 3.03. The van der Waals surface area contributed by atoms with Crippen molar-refractivity contribution in [3.05, 3.63) is 0 Å². The number of guanidine groups is 1. The van der Waals surface area contributed by atoms with Crippen LogP contribution in [0.25, 0.3) is 0 Å². The molecular formula is C15H35IN4S. The largest absolute Gasteiger partial charge is 0.357 e. The van der Waals surface area contributed by atoms with Crippen molar-refractivity contribution in [1.82, 2.24) is 15.5 Å². The van der Waals surface area contributed by atoms with Gasteiger partial charge in [0.2, 0.25) is 0 Å². The number of nitrogens with one attached hydrogen (secondary N) is 2. The van der Waals surface area contributed by atoms with Gasteiger partial charge in [0.05, 0.1) is 0 Å². The molecule has 0 aliphatic heterocycles. The molecule has 0 radical (unpaired) electrons. The first-order valence-electron chi connectivity index (χ1n) is 8.01. The smallest absolute Gasteiger partial charge is 0.191 e. The van der Waals surface area contributed by atoms with Gasteiger partial charge in [0.25, 0.3) is 0 Å². The van der Waals surface area contributed by atoms with Crippen molar-refractivity contribution in [3.8, 4) is 0 Å². The van der Waals surface area contributed by atoms with Gasteiger partial charge >= 0.3 is 0 Å². The zero-order valence-electron chi connectivity index (χ0n) is 14.3. The van der Waals surface area contributed by atoms with E-state index < -0.39 is 0 Å². The summed E-state index contributed by atoms with van der Waals surface area (Å²) < 4.78 is 0. The second-order valence-corrected chi connectivity index (χ2v) is 5.81. The highest BCUT2D eigenvalue weighted by Crippen LogP contribution is 1.99. The fraction of sp³-hybridized carbons (Fsp3) is 0.933. The Bertz CT molecular complexity index is 240. The van der Waals surface area contributed by atoms with Crippen LogP contribution in [-0.2, 0) is 0 Å². The molecule has 6 heteroatoms. The number of nitrogens with zero attached hydrogens (tertiary/aromatic N) is 2. The van der Waals surface area contributed by atoms with Gasteiger partial charge in [-0.15, -0.1) is 24.0 Å². The number of rotatable bonds is 12. The van der Waals surface area contributed by atoms with Crippen molar-refractivity contribution < 1.29 is 0 Å². The SMILES string of the molecule is CCCN(CC)CCNC(=NCCCCSC)NCC.I. The highest BCUT2D eigenvalue weighted by molar-refractivity contribution is 14.0. The van der Waals surface area contributed by atoms with Gasteiger partial charge in [-0.05, 0) is 51.3 Å². The first-order valence-corrected chi connectivity index (χ1v) is 9.41. The molecule has 4 nitrogen and oxygen atoms in total.